The van der Waals surface area contributed by atoms with E-state index in [9.17, 15) is 14.7 Å². The Morgan fingerprint density at radius 2 is 1.95 bits per heavy atom. The van der Waals surface area contributed by atoms with E-state index in [4.69, 9.17) is 0 Å². The number of carboxylic acids is 1. The van der Waals surface area contributed by atoms with E-state index in [2.05, 4.69) is 5.32 Å². The lowest BCUT2D eigenvalue weighted by atomic mass is 10.1. The van der Waals surface area contributed by atoms with Gasteiger partial charge in [0.25, 0.3) is 0 Å². The lowest BCUT2D eigenvalue weighted by molar-refractivity contribution is 0.0697. The first-order valence-electron chi connectivity index (χ1n) is 6.67. The number of nitrogens with one attached hydrogen (secondary N) is 1. The lowest BCUT2D eigenvalue weighted by Gasteiger charge is -2.23. The number of carboxylic acid groups (broad SMARTS) is 1. The molecule has 0 saturated heterocycles. The van der Waals surface area contributed by atoms with E-state index in [0.717, 1.165) is 4.88 Å². The van der Waals surface area contributed by atoms with Crippen LogP contribution in [0.3, 0.4) is 0 Å². The van der Waals surface area contributed by atoms with Crippen molar-refractivity contribution in [3.05, 3.63) is 16.0 Å². The molecule has 0 radical (unpaired) electrons. The van der Waals surface area contributed by atoms with Gasteiger partial charge in [0.2, 0.25) is 0 Å². The second-order valence-corrected chi connectivity index (χ2v) is 6.38. The number of nitrogens with zero attached hydrogens (tertiary/aromatic N) is 1. The van der Waals surface area contributed by atoms with Gasteiger partial charge >= 0.3 is 12.0 Å². The third-order valence-electron chi connectivity index (χ3n) is 3.07. The molecule has 1 aromatic heterocycles. The Hall–Kier alpha value is -1.56. The maximum atomic E-state index is 12.2. The molecule has 0 aliphatic rings. The molecule has 0 aliphatic heterocycles. The quantitative estimate of drug-likeness (QED) is 0.873. The Kier molecular flexibility index (Phi) is 5.56. The molecule has 5 nitrogen and oxygen atoms in total. The molecule has 1 rings (SSSR count). The van der Waals surface area contributed by atoms with Gasteiger partial charge in [0.15, 0.2) is 0 Å². The molecule has 0 aliphatic carbocycles. The van der Waals surface area contributed by atoms with Crippen molar-refractivity contribution in [2.45, 2.75) is 34.6 Å². The van der Waals surface area contributed by atoms with Crippen molar-refractivity contribution in [3.8, 4) is 0 Å². The van der Waals surface area contributed by atoms with E-state index >= 15 is 0 Å². The lowest BCUT2D eigenvalue weighted by Crippen LogP contribution is -2.37. The summed E-state index contributed by atoms with van der Waals surface area (Å²) in [5.41, 5.74) is 0.908. The third-order valence-corrected chi connectivity index (χ3v) is 4.20. The molecule has 0 saturated carbocycles. The fourth-order valence-electron chi connectivity index (χ4n) is 1.95. The average molecular weight is 298 g/mol. The first-order valence-corrected chi connectivity index (χ1v) is 7.48. The van der Waals surface area contributed by atoms with E-state index in [1.165, 1.54) is 11.3 Å². The summed E-state index contributed by atoms with van der Waals surface area (Å²) in [6.07, 6.45) is 0. The van der Waals surface area contributed by atoms with Gasteiger partial charge in [0.05, 0.1) is 5.56 Å². The molecule has 20 heavy (non-hydrogen) atoms. The summed E-state index contributed by atoms with van der Waals surface area (Å²) in [5.74, 6) is -0.638. The Labute approximate surface area is 123 Å². The topological polar surface area (TPSA) is 69.6 Å². The number of thiophene rings is 1. The highest BCUT2D eigenvalue weighted by molar-refractivity contribution is 7.16. The highest BCUT2D eigenvalue weighted by atomic mass is 32.1. The summed E-state index contributed by atoms with van der Waals surface area (Å²) >= 11 is 1.30. The second kappa shape index (κ2) is 6.74. The number of aromatic carboxylic acids is 1. The number of hydrogen-bond acceptors (Lipinski definition) is 3. The van der Waals surface area contributed by atoms with Gasteiger partial charge in [-0.15, -0.1) is 11.3 Å². The number of urea groups is 1. The smallest absolute Gasteiger partial charge is 0.338 e. The van der Waals surface area contributed by atoms with Crippen LogP contribution in [0.2, 0.25) is 0 Å². The monoisotopic (exact) mass is 298 g/mol. The first kappa shape index (κ1) is 16.5. The molecule has 1 heterocycles. The van der Waals surface area contributed by atoms with E-state index in [1.54, 1.807) is 11.8 Å². The van der Waals surface area contributed by atoms with Crippen LogP contribution in [0, 0.1) is 19.8 Å². The van der Waals surface area contributed by atoms with Crippen LogP contribution in [-0.4, -0.2) is 35.1 Å². The number of hydrogen-bond donors (Lipinski definition) is 2. The van der Waals surface area contributed by atoms with Crippen LogP contribution < -0.4 is 5.32 Å². The van der Waals surface area contributed by atoms with Crippen molar-refractivity contribution >= 4 is 28.3 Å². The third kappa shape index (κ3) is 3.72. The van der Waals surface area contributed by atoms with Gasteiger partial charge in [0, 0.05) is 18.0 Å². The molecule has 0 atom stereocenters. The number of rotatable bonds is 5. The van der Waals surface area contributed by atoms with Crippen LogP contribution >= 0.6 is 11.3 Å². The maximum absolute atomic E-state index is 12.2. The van der Waals surface area contributed by atoms with Crippen LogP contribution in [-0.2, 0) is 0 Å². The minimum absolute atomic E-state index is 0.196. The normalized spacial score (nSPS) is 10.7. The van der Waals surface area contributed by atoms with Crippen molar-refractivity contribution in [3.63, 3.8) is 0 Å². The molecular formula is C14H22N2O3S. The molecule has 0 bridgehead atoms. The van der Waals surface area contributed by atoms with Crippen molar-refractivity contribution < 1.29 is 14.7 Å². The first-order chi connectivity index (χ1) is 9.27. The molecule has 112 valence electrons. The van der Waals surface area contributed by atoms with Crippen LogP contribution in [0.15, 0.2) is 0 Å². The SMILES string of the molecule is CCN(CC(C)C)C(=O)Nc1sc(C)c(C)c1C(=O)O. The van der Waals surface area contributed by atoms with Gasteiger partial charge < -0.3 is 10.0 Å². The predicted octanol–water partition coefficient (Wildman–Crippen LogP) is 3.57. The highest BCUT2D eigenvalue weighted by Gasteiger charge is 2.22. The number of carbonyl (C=O) groups is 2. The standard InChI is InChI=1S/C14H22N2O3S/c1-6-16(7-8(2)3)14(19)15-12-11(13(17)18)9(4)10(5)20-12/h8H,6-7H2,1-5H3,(H,15,19)(H,17,18). The molecule has 6 heteroatoms. The zero-order chi connectivity index (χ0) is 15.4. The van der Waals surface area contributed by atoms with Crippen LogP contribution in [0.1, 0.15) is 41.6 Å². The van der Waals surface area contributed by atoms with Gasteiger partial charge in [-0.2, -0.15) is 0 Å². The summed E-state index contributed by atoms with van der Waals surface area (Å²) in [4.78, 5) is 26.1. The fraction of sp³-hybridized carbons (Fsp3) is 0.571. The van der Waals surface area contributed by atoms with Gasteiger partial charge in [-0.25, -0.2) is 9.59 Å². The fourth-order valence-corrected chi connectivity index (χ4v) is 2.99. The van der Waals surface area contributed by atoms with E-state index in [1.807, 2.05) is 27.7 Å². The van der Waals surface area contributed by atoms with E-state index in [0.29, 0.717) is 29.6 Å². The average Bonchev–Trinajstić information content (AvgIpc) is 2.61. The highest BCUT2D eigenvalue weighted by Crippen LogP contribution is 2.32. The molecule has 0 aromatic carbocycles. The number of anilines is 1. The molecule has 2 amide bonds. The largest absolute Gasteiger partial charge is 0.478 e. The van der Waals surface area contributed by atoms with Crippen molar-refractivity contribution in [2.75, 3.05) is 18.4 Å². The summed E-state index contributed by atoms with van der Waals surface area (Å²) in [5, 5.41) is 12.4. The van der Waals surface area contributed by atoms with E-state index < -0.39 is 5.97 Å². The maximum Gasteiger partial charge on any atom is 0.338 e. The molecule has 0 spiro atoms. The van der Waals surface area contributed by atoms with Crippen LogP contribution in [0.25, 0.3) is 0 Å². The minimum atomic E-state index is -1.01. The summed E-state index contributed by atoms with van der Waals surface area (Å²) < 4.78 is 0. The molecule has 0 fully saturated rings. The number of carbonyl (C=O) groups excluding carboxylic acids is 1. The van der Waals surface area contributed by atoms with Gasteiger partial charge in [-0.3, -0.25) is 5.32 Å². The van der Waals surface area contributed by atoms with E-state index in [-0.39, 0.29) is 11.6 Å². The zero-order valence-electron chi connectivity index (χ0n) is 12.6. The Morgan fingerprint density at radius 1 is 1.35 bits per heavy atom. The van der Waals surface area contributed by atoms with Crippen molar-refractivity contribution in [1.29, 1.82) is 0 Å². The summed E-state index contributed by atoms with van der Waals surface area (Å²) in [6.45, 7) is 10.8. The van der Waals surface area contributed by atoms with Gasteiger partial charge in [-0.1, -0.05) is 13.8 Å². The molecular weight excluding hydrogens is 276 g/mol. The van der Waals surface area contributed by atoms with Gasteiger partial charge in [-0.05, 0) is 32.3 Å². The van der Waals surface area contributed by atoms with Crippen LogP contribution in [0.4, 0.5) is 9.80 Å². The van der Waals surface area contributed by atoms with Crippen molar-refractivity contribution in [2.24, 2.45) is 5.92 Å². The molecule has 1 aromatic rings. The Morgan fingerprint density at radius 3 is 2.40 bits per heavy atom. The molecule has 2 N–H and O–H groups in total. The molecule has 0 unspecified atom stereocenters. The number of amides is 2. The Bertz CT molecular complexity index is 509. The van der Waals surface area contributed by atoms with Crippen LogP contribution in [0.5, 0.6) is 0 Å². The number of aryl methyl sites for hydroxylation is 1. The van der Waals surface area contributed by atoms with Crippen molar-refractivity contribution in [1.82, 2.24) is 4.90 Å². The summed E-state index contributed by atoms with van der Waals surface area (Å²) in [6, 6.07) is -0.245. The summed E-state index contributed by atoms with van der Waals surface area (Å²) in [7, 11) is 0. The minimum Gasteiger partial charge on any atom is -0.478 e. The second-order valence-electron chi connectivity index (χ2n) is 5.16. The predicted molar refractivity (Wildman–Crippen MR) is 81.9 cm³/mol. The zero-order valence-corrected chi connectivity index (χ0v) is 13.4. The van der Waals surface area contributed by atoms with Gasteiger partial charge in [0.1, 0.15) is 5.00 Å². The Balaban J connectivity index is 2.95.